The van der Waals surface area contributed by atoms with Gasteiger partial charge in [0.1, 0.15) is 23.0 Å². The largest absolute Gasteiger partial charge is 0.444 e. The van der Waals surface area contributed by atoms with Crippen LogP contribution in [0.1, 0.15) is 45.2 Å². The SMILES string of the molecule is CCC(NC(=O)OC(C)(C)C)C(=O)Oc1ccc2c(C)c(C)c(=O)oc2c1. The monoisotopic (exact) mass is 375 g/mol. The van der Waals surface area contributed by atoms with Crippen molar-refractivity contribution in [2.45, 2.75) is 59.6 Å². The van der Waals surface area contributed by atoms with Crippen LogP contribution in [0.15, 0.2) is 27.4 Å². The van der Waals surface area contributed by atoms with Gasteiger partial charge < -0.3 is 19.2 Å². The number of rotatable bonds is 4. The van der Waals surface area contributed by atoms with Gasteiger partial charge in [-0.2, -0.15) is 0 Å². The van der Waals surface area contributed by atoms with Crippen LogP contribution in [0.2, 0.25) is 0 Å². The maximum atomic E-state index is 12.4. The van der Waals surface area contributed by atoms with E-state index in [0.29, 0.717) is 17.6 Å². The Morgan fingerprint density at radius 3 is 2.44 bits per heavy atom. The molecule has 1 amide bonds. The highest BCUT2D eigenvalue weighted by Gasteiger charge is 2.24. The minimum absolute atomic E-state index is 0.225. The predicted molar refractivity (Wildman–Crippen MR) is 101 cm³/mol. The molecule has 1 N–H and O–H groups in total. The molecule has 1 aromatic heterocycles. The zero-order valence-electron chi connectivity index (χ0n) is 16.5. The number of ether oxygens (including phenoxy) is 2. The summed E-state index contributed by atoms with van der Waals surface area (Å²) < 4.78 is 15.8. The number of hydrogen-bond donors (Lipinski definition) is 1. The van der Waals surface area contributed by atoms with Crippen LogP contribution in [-0.2, 0) is 9.53 Å². The fraction of sp³-hybridized carbons (Fsp3) is 0.450. The van der Waals surface area contributed by atoms with Crippen molar-refractivity contribution in [2.75, 3.05) is 0 Å². The topological polar surface area (TPSA) is 94.8 Å². The van der Waals surface area contributed by atoms with E-state index >= 15 is 0 Å². The first-order valence-corrected chi connectivity index (χ1v) is 8.77. The van der Waals surface area contributed by atoms with Crippen LogP contribution in [0.25, 0.3) is 11.0 Å². The van der Waals surface area contributed by atoms with E-state index in [4.69, 9.17) is 13.9 Å². The Hall–Kier alpha value is -2.83. The first-order chi connectivity index (χ1) is 12.5. The molecular formula is C20H25NO6. The Morgan fingerprint density at radius 1 is 1.19 bits per heavy atom. The highest BCUT2D eigenvalue weighted by atomic mass is 16.6. The molecule has 146 valence electrons. The van der Waals surface area contributed by atoms with Crippen LogP contribution in [0.3, 0.4) is 0 Å². The lowest BCUT2D eigenvalue weighted by Gasteiger charge is -2.22. The van der Waals surface area contributed by atoms with Gasteiger partial charge in [0.15, 0.2) is 0 Å². The van der Waals surface area contributed by atoms with Crippen LogP contribution in [0.4, 0.5) is 4.79 Å². The zero-order chi connectivity index (χ0) is 20.4. The molecule has 0 aliphatic rings. The number of esters is 1. The van der Waals surface area contributed by atoms with Gasteiger partial charge in [-0.25, -0.2) is 14.4 Å². The summed E-state index contributed by atoms with van der Waals surface area (Å²) in [6, 6.07) is 3.97. The Balaban J connectivity index is 2.17. The number of benzene rings is 1. The minimum Gasteiger partial charge on any atom is -0.444 e. The lowest BCUT2D eigenvalue weighted by Crippen LogP contribution is -2.44. The van der Waals surface area contributed by atoms with Crippen molar-refractivity contribution in [3.63, 3.8) is 0 Å². The summed E-state index contributed by atoms with van der Waals surface area (Å²) in [5, 5.41) is 3.27. The molecule has 1 atom stereocenters. The molecule has 0 bridgehead atoms. The molecule has 0 radical (unpaired) electrons. The summed E-state index contributed by atoms with van der Waals surface area (Å²) in [6.45, 7) is 10.5. The third-order valence-electron chi connectivity index (χ3n) is 4.03. The number of hydrogen-bond acceptors (Lipinski definition) is 6. The summed E-state index contributed by atoms with van der Waals surface area (Å²) >= 11 is 0. The summed E-state index contributed by atoms with van der Waals surface area (Å²) in [7, 11) is 0. The average molecular weight is 375 g/mol. The molecule has 0 saturated heterocycles. The van der Waals surface area contributed by atoms with Crippen LogP contribution in [-0.4, -0.2) is 23.7 Å². The molecule has 1 aromatic carbocycles. The van der Waals surface area contributed by atoms with Crippen LogP contribution < -0.4 is 15.7 Å². The molecule has 7 heteroatoms. The summed E-state index contributed by atoms with van der Waals surface area (Å²) in [5.41, 5.74) is 0.595. The smallest absolute Gasteiger partial charge is 0.408 e. The van der Waals surface area contributed by atoms with Gasteiger partial charge in [0.05, 0.1) is 0 Å². The molecule has 2 rings (SSSR count). The Bertz CT molecular complexity index is 922. The van der Waals surface area contributed by atoms with E-state index < -0.39 is 29.3 Å². The standard InChI is InChI=1S/C20H25NO6/c1-7-15(21-19(24)27-20(4,5)6)18(23)25-13-8-9-14-11(2)12(3)17(22)26-16(14)10-13/h8-10,15H,7H2,1-6H3,(H,21,24). The average Bonchev–Trinajstić information content (AvgIpc) is 2.55. The number of carbonyl (C=O) groups excluding carboxylic acids is 2. The predicted octanol–water partition coefficient (Wildman–Crippen LogP) is 3.62. The normalized spacial score (nSPS) is 12.5. The summed E-state index contributed by atoms with van der Waals surface area (Å²) in [6.07, 6.45) is -0.360. The van der Waals surface area contributed by atoms with Crippen LogP contribution in [0.5, 0.6) is 5.75 Å². The lowest BCUT2D eigenvalue weighted by molar-refractivity contribution is -0.136. The molecular weight excluding hydrogens is 350 g/mol. The zero-order valence-corrected chi connectivity index (χ0v) is 16.5. The minimum atomic E-state index is -0.859. The quantitative estimate of drug-likeness (QED) is 0.498. The second-order valence-electron chi connectivity index (χ2n) is 7.33. The maximum Gasteiger partial charge on any atom is 0.408 e. The third kappa shape index (κ3) is 5.09. The van der Waals surface area contributed by atoms with Crippen LogP contribution in [0, 0.1) is 13.8 Å². The number of aryl methyl sites for hydroxylation is 1. The molecule has 27 heavy (non-hydrogen) atoms. The van der Waals surface area contributed by atoms with Gasteiger partial charge in [-0.1, -0.05) is 6.92 Å². The first-order valence-electron chi connectivity index (χ1n) is 8.77. The number of amides is 1. The van der Waals surface area contributed by atoms with E-state index in [1.54, 1.807) is 46.8 Å². The van der Waals surface area contributed by atoms with E-state index in [1.165, 1.54) is 6.07 Å². The van der Waals surface area contributed by atoms with E-state index in [0.717, 1.165) is 10.9 Å². The lowest BCUT2D eigenvalue weighted by atomic mass is 10.1. The van der Waals surface area contributed by atoms with Gasteiger partial charge in [0.25, 0.3) is 0 Å². The molecule has 0 fully saturated rings. The molecule has 1 unspecified atom stereocenters. The van der Waals surface area contributed by atoms with Gasteiger partial charge in [-0.3, -0.25) is 0 Å². The second kappa shape index (κ2) is 7.82. The van der Waals surface area contributed by atoms with E-state index in [1.807, 2.05) is 6.92 Å². The fourth-order valence-electron chi connectivity index (χ4n) is 2.46. The summed E-state index contributed by atoms with van der Waals surface area (Å²) in [5.74, 6) is -0.405. The molecule has 1 heterocycles. The highest BCUT2D eigenvalue weighted by Crippen LogP contribution is 2.24. The molecule has 0 saturated carbocycles. The second-order valence-corrected chi connectivity index (χ2v) is 7.33. The Kier molecular flexibility index (Phi) is 5.93. The van der Waals surface area contributed by atoms with Gasteiger partial charge in [-0.05, 0) is 58.7 Å². The van der Waals surface area contributed by atoms with Gasteiger partial charge >= 0.3 is 17.7 Å². The van der Waals surface area contributed by atoms with E-state index in [2.05, 4.69) is 5.32 Å². The summed E-state index contributed by atoms with van der Waals surface area (Å²) in [4.78, 5) is 36.1. The van der Waals surface area contributed by atoms with Crippen LogP contribution >= 0.6 is 0 Å². The van der Waals surface area contributed by atoms with Crippen molar-refractivity contribution in [1.29, 1.82) is 0 Å². The van der Waals surface area contributed by atoms with Crippen molar-refractivity contribution in [3.8, 4) is 5.75 Å². The molecule has 2 aromatic rings. The number of alkyl carbamates (subject to hydrolysis) is 1. The number of fused-ring (bicyclic) bond motifs is 1. The van der Waals surface area contributed by atoms with E-state index in [-0.39, 0.29) is 5.75 Å². The van der Waals surface area contributed by atoms with Gasteiger partial charge in [0, 0.05) is 17.0 Å². The van der Waals surface area contributed by atoms with Gasteiger partial charge in [-0.15, -0.1) is 0 Å². The molecule has 7 nitrogen and oxygen atoms in total. The third-order valence-corrected chi connectivity index (χ3v) is 4.03. The molecule has 0 spiro atoms. The Labute approximate surface area is 157 Å². The van der Waals surface area contributed by atoms with Crippen molar-refractivity contribution in [3.05, 3.63) is 39.7 Å². The number of nitrogens with one attached hydrogen (secondary N) is 1. The highest BCUT2D eigenvalue weighted by molar-refractivity contribution is 5.85. The van der Waals surface area contributed by atoms with Crippen molar-refractivity contribution >= 4 is 23.0 Å². The molecule has 0 aliphatic heterocycles. The van der Waals surface area contributed by atoms with Gasteiger partial charge in [0.2, 0.25) is 0 Å². The van der Waals surface area contributed by atoms with Crippen molar-refractivity contribution in [1.82, 2.24) is 5.32 Å². The van der Waals surface area contributed by atoms with Crippen molar-refractivity contribution < 1.29 is 23.5 Å². The maximum absolute atomic E-state index is 12.4. The molecule has 0 aliphatic carbocycles. The van der Waals surface area contributed by atoms with E-state index in [9.17, 15) is 14.4 Å². The van der Waals surface area contributed by atoms with Crippen molar-refractivity contribution in [2.24, 2.45) is 0 Å². The number of carbonyl (C=O) groups is 2. The first kappa shape index (κ1) is 20.5. The fourth-order valence-corrected chi connectivity index (χ4v) is 2.46. The Morgan fingerprint density at radius 2 is 1.85 bits per heavy atom.